The van der Waals surface area contributed by atoms with E-state index in [1.165, 1.54) is 77.4 Å². The number of rotatable bonds is 13. The van der Waals surface area contributed by atoms with E-state index >= 15 is 0 Å². The molecule has 1 aliphatic heterocycles. The number of hydrogen-bond acceptors (Lipinski definition) is 6. The van der Waals surface area contributed by atoms with Crippen LogP contribution in [-0.4, -0.2) is 79.3 Å². The Morgan fingerprint density at radius 3 is 2.56 bits per heavy atom. The van der Waals surface area contributed by atoms with Crippen molar-refractivity contribution in [1.29, 1.82) is 5.26 Å². The van der Waals surface area contributed by atoms with Gasteiger partial charge < -0.3 is 15.0 Å². The maximum atomic E-state index is 8.98. The number of unbranched alkanes of at least 4 members (excludes halogenated alkanes) is 3. The Hall–Kier alpha value is -2.21. The molecule has 188 valence electrons. The van der Waals surface area contributed by atoms with Crippen molar-refractivity contribution in [3.63, 3.8) is 0 Å². The van der Waals surface area contributed by atoms with Gasteiger partial charge in [0.05, 0.1) is 13.2 Å². The summed E-state index contributed by atoms with van der Waals surface area (Å²) in [7, 11) is 0. The number of ether oxygens (including phenoxy) is 1. The first kappa shape index (κ1) is 26.4. The Labute approximate surface area is 205 Å². The number of nitrogens with one attached hydrogen (secondary N) is 2. The van der Waals surface area contributed by atoms with Crippen LogP contribution in [0.15, 0.2) is 29.5 Å². The van der Waals surface area contributed by atoms with Crippen LogP contribution in [0.25, 0.3) is 0 Å². The number of hydrogen-bond donors (Lipinski definition) is 2. The number of nitrogens with zero attached hydrogens (tertiary/aromatic N) is 5. The average Bonchev–Trinajstić information content (AvgIpc) is 2.89. The zero-order chi connectivity index (χ0) is 23.7. The number of nitriles is 1. The topological polar surface area (TPSA) is 88.8 Å². The van der Waals surface area contributed by atoms with E-state index in [1.807, 2.05) is 18.3 Å². The first-order valence-corrected chi connectivity index (χ1v) is 13.3. The first-order chi connectivity index (χ1) is 16.8. The molecule has 34 heavy (non-hydrogen) atoms. The Balaban J connectivity index is 1.33. The Morgan fingerprint density at radius 2 is 1.79 bits per heavy atom. The summed E-state index contributed by atoms with van der Waals surface area (Å²) < 4.78 is 5.48. The number of pyridine rings is 1. The van der Waals surface area contributed by atoms with Gasteiger partial charge >= 0.3 is 0 Å². The van der Waals surface area contributed by atoms with Crippen molar-refractivity contribution >= 4 is 11.6 Å². The molecule has 0 spiro atoms. The van der Waals surface area contributed by atoms with Crippen LogP contribution in [0.5, 0.6) is 0 Å². The summed E-state index contributed by atoms with van der Waals surface area (Å²) in [4.78, 5) is 13.9. The summed E-state index contributed by atoms with van der Waals surface area (Å²) >= 11 is 0. The molecule has 1 saturated heterocycles. The van der Waals surface area contributed by atoms with E-state index in [-0.39, 0.29) is 0 Å². The van der Waals surface area contributed by atoms with Crippen molar-refractivity contribution in [1.82, 2.24) is 20.1 Å². The fourth-order valence-electron chi connectivity index (χ4n) is 4.95. The molecule has 0 bridgehead atoms. The SMILES string of the molecule is N#CNC(=NCCCCCCN(CCCN1CCOCC1)C1CCCCC1)Nc1ccncc1. The van der Waals surface area contributed by atoms with E-state index < -0.39 is 0 Å². The molecule has 1 aromatic rings. The molecule has 2 aliphatic rings. The summed E-state index contributed by atoms with van der Waals surface area (Å²) in [6.07, 6.45) is 18.3. The summed E-state index contributed by atoms with van der Waals surface area (Å²) in [5, 5.41) is 14.7. The smallest absolute Gasteiger partial charge is 0.209 e. The van der Waals surface area contributed by atoms with Crippen LogP contribution < -0.4 is 10.6 Å². The molecular formula is C26H43N7O. The fourth-order valence-corrected chi connectivity index (χ4v) is 4.95. The molecule has 1 saturated carbocycles. The van der Waals surface area contributed by atoms with Gasteiger partial charge in [-0.25, -0.2) is 0 Å². The van der Waals surface area contributed by atoms with Crippen LogP contribution in [0.4, 0.5) is 5.69 Å². The van der Waals surface area contributed by atoms with Crippen LogP contribution in [0.2, 0.25) is 0 Å². The molecule has 1 aliphatic carbocycles. The molecule has 0 aromatic carbocycles. The highest BCUT2D eigenvalue weighted by atomic mass is 16.5. The van der Waals surface area contributed by atoms with E-state index in [0.717, 1.165) is 44.5 Å². The van der Waals surface area contributed by atoms with Crippen LogP contribution in [0.1, 0.15) is 64.2 Å². The third-order valence-corrected chi connectivity index (χ3v) is 6.86. The van der Waals surface area contributed by atoms with Gasteiger partial charge in [0.1, 0.15) is 0 Å². The highest BCUT2D eigenvalue weighted by Crippen LogP contribution is 2.23. The lowest BCUT2D eigenvalue weighted by Gasteiger charge is -2.35. The third-order valence-electron chi connectivity index (χ3n) is 6.86. The van der Waals surface area contributed by atoms with Gasteiger partial charge in [0.2, 0.25) is 5.96 Å². The normalized spacial score (nSPS) is 18.1. The predicted molar refractivity (Wildman–Crippen MR) is 138 cm³/mol. The summed E-state index contributed by atoms with van der Waals surface area (Å²) in [6.45, 7) is 8.35. The van der Waals surface area contributed by atoms with Crippen molar-refractivity contribution in [2.45, 2.75) is 70.3 Å². The van der Waals surface area contributed by atoms with Gasteiger partial charge in [-0.15, -0.1) is 0 Å². The van der Waals surface area contributed by atoms with Gasteiger partial charge in [0.25, 0.3) is 0 Å². The largest absolute Gasteiger partial charge is 0.379 e. The second-order valence-electron chi connectivity index (χ2n) is 9.38. The van der Waals surface area contributed by atoms with Gasteiger partial charge in [-0.2, -0.15) is 5.26 Å². The number of anilines is 1. The van der Waals surface area contributed by atoms with Crippen molar-refractivity contribution in [2.24, 2.45) is 4.99 Å². The van der Waals surface area contributed by atoms with Crippen molar-refractivity contribution < 1.29 is 4.74 Å². The van der Waals surface area contributed by atoms with Gasteiger partial charge in [-0.1, -0.05) is 32.1 Å². The second kappa shape index (κ2) is 16.4. The minimum atomic E-state index is 0.498. The maximum absolute atomic E-state index is 8.98. The molecule has 2 N–H and O–H groups in total. The zero-order valence-electron chi connectivity index (χ0n) is 20.8. The second-order valence-corrected chi connectivity index (χ2v) is 9.38. The van der Waals surface area contributed by atoms with Crippen molar-refractivity contribution in [3.8, 4) is 6.19 Å². The van der Waals surface area contributed by atoms with Crippen LogP contribution >= 0.6 is 0 Å². The van der Waals surface area contributed by atoms with E-state index in [1.54, 1.807) is 12.4 Å². The van der Waals surface area contributed by atoms with Gasteiger partial charge in [0, 0.05) is 43.8 Å². The highest BCUT2D eigenvalue weighted by molar-refractivity contribution is 5.94. The van der Waals surface area contributed by atoms with E-state index in [0.29, 0.717) is 12.5 Å². The molecular weight excluding hydrogens is 426 g/mol. The molecule has 1 aromatic heterocycles. The minimum absolute atomic E-state index is 0.498. The van der Waals surface area contributed by atoms with E-state index in [2.05, 4.69) is 30.4 Å². The van der Waals surface area contributed by atoms with Gasteiger partial charge in [0.15, 0.2) is 6.19 Å². The summed E-state index contributed by atoms with van der Waals surface area (Å²) in [5.41, 5.74) is 0.868. The third kappa shape index (κ3) is 10.4. The molecule has 2 heterocycles. The molecule has 0 unspecified atom stereocenters. The van der Waals surface area contributed by atoms with Crippen LogP contribution in [-0.2, 0) is 4.74 Å². The van der Waals surface area contributed by atoms with E-state index in [9.17, 15) is 0 Å². The van der Waals surface area contributed by atoms with Crippen molar-refractivity contribution in [2.75, 3.05) is 57.8 Å². The molecule has 8 nitrogen and oxygen atoms in total. The number of guanidine groups is 1. The summed E-state index contributed by atoms with van der Waals surface area (Å²) in [6, 6.07) is 4.50. The first-order valence-electron chi connectivity index (χ1n) is 13.3. The molecule has 0 atom stereocenters. The maximum Gasteiger partial charge on any atom is 0.209 e. The van der Waals surface area contributed by atoms with Gasteiger partial charge in [-0.05, 0) is 63.9 Å². The molecule has 0 radical (unpaired) electrons. The van der Waals surface area contributed by atoms with Crippen molar-refractivity contribution in [3.05, 3.63) is 24.5 Å². The average molecular weight is 470 g/mol. The fraction of sp³-hybridized carbons (Fsp3) is 0.731. The molecule has 0 amide bonds. The Morgan fingerprint density at radius 1 is 1.06 bits per heavy atom. The zero-order valence-corrected chi connectivity index (χ0v) is 20.8. The Kier molecular flexibility index (Phi) is 12.7. The standard InChI is InChI=1S/C26H43N7O/c27-23-30-26(31-24-11-14-28-15-12-24)29-13-6-1-2-7-17-33(25-9-4-3-5-10-25)18-8-16-32-19-21-34-22-20-32/h11-12,14-15,25H,1-10,13,16-22H2,(H2,28,29,30,31). The Bertz CT molecular complexity index is 724. The number of aromatic nitrogens is 1. The minimum Gasteiger partial charge on any atom is -0.379 e. The van der Waals surface area contributed by atoms with Gasteiger partial charge in [-0.3, -0.25) is 20.2 Å². The lowest BCUT2D eigenvalue weighted by Crippen LogP contribution is -2.41. The monoisotopic (exact) mass is 469 g/mol. The number of aliphatic imine (C=N–C) groups is 1. The lowest BCUT2D eigenvalue weighted by molar-refractivity contribution is 0.0348. The lowest BCUT2D eigenvalue weighted by atomic mass is 9.93. The quantitative estimate of drug-likeness (QED) is 0.149. The van der Waals surface area contributed by atoms with Crippen LogP contribution in [0.3, 0.4) is 0 Å². The van der Waals surface area contributed by atoms with E-state index in [4.69, 9.17) is 10.00 Å². The summed E-state index contributed by atoms with van der Waals surface area (Å²) in [5.74, 6) is 0.498. The number of morpholine rings is 1. The van der Waals surface area contributed by atoms with Crippen LogP contribution in [0, 0.1) is 11.5 Å². The highest BCUT2D eigenvalue weighted by Gasteiger charge is 2.21. The molecule has 8 heteroatoms. The predicted octanol–water partition coefficient (Wildman–Crippen LogP) is 3.84. The molecule has 2 fully saturated rings. The molecule has 3 rings (SSSR count).